The van der Waals surface area contributed by atoms with Gasteiger partial charge in [0.25, 0.3) is 0 Å². The number of carbonyl (C=O) groups excluding carboxylic acids is 1. The van der Waals surface area contributed by atoms with Crippen LogP contribution in [0.4, 0.5) is 0 Å². The van der Waals surface area contributed by atoms with Crippen molar-refractivity contribution in [3.05, 3.63) is 0 Å². The molecule has 0 aliphatic carbocycles. The van der Waals surface area contributed by atoms with E-state index in [1.165, 1.54) is 12.8 Å². The number of aliphatic hydroxyl groups excluding tert-OH is 1. The minimum atomic E-state index is -0.493. The van der Waals surface area contributed by atoms with Crippen LogP contribution in [0.3, 0.4) is 0 Å². The minimum Gasteiger partial charge on any atom is -0.391 e. The highest BCUT2D eigenvalue weighted by Gasteiger charge is 2.26. The summed E-state index contributed by atoms with van der Waals surface area (Å²) in [5.41, 5.74) is 0. The number of carbonyl (C=O) groups is 1. The molecular formula is C12H18N2O2. The fourth-order valence-corrected chi connectivity index (χ4v) is 2.16. The van der Waals surface area contributed by atoms with Crippen molar-refractivity contribution in [3.8, 4) is 11.8 Å². The molecule has 2 rings (SSSR count). The van der Waals surface area contributed by atoms with Gasteiger partial charge in [-0.15, -0.1) is 0 Å². The number of hydrogen-bond acceptors (Lipinski definition) is 3. The van der Waals surface area contributed by atoms with Gasteiger partial charge in [0.1, 0.15) is 0 Å². The lowest BCUT2D eigenvalue weighted by molar-refractivity contribution is -0.127. The summed E-state index contributed by atoms with van der Waals surface area (Å²) in [6, 6.07) is 0. The highest BCUT2D eigenvalue weighted by atomic mass is 16.3. The fourth-order valence-electron chi connectivity index (χ4n) is 2.16. The third-order valence-corrected chi connectivity index (χ3v) is 3.09. The van der Waals surface area contributed by atoms with Gasteiger partial charge in [-0.3, -0.25) is 9.69 Å². The number of likely N-dealkylation sites (tertiary alicyclic amines) is 2. The monoisotopic (exact) mass is 222 g/mol. The topological polar surface area (TPSA) is 43.8 Å². The van der Waals surface area contributed by atoms with Crippen molar-refractivity contribution in [3.63, 3.8) is 0 Å². The Morgan fingerprint density at radius 1 is 1.25 bits per heavy atom. The molecule has 0 aromatic heterocycles. The molecule has 16 heavy (non-hydrogen) atoms. The molecule has 1 N–H and O–H groups in total. The molecule has 0 bridgehead atoms. The number of nitrogens with zero attached hydrogens (tertiary/aromatic N) is 2. The third kappa shape index (κ3) is 2.97. The average molecular weight is 222 g/mol. The Balaban J connectivity index is 1.70. The molecule has 0 aromatic carbocycles. The highest BCUT2D eigenvalue weighted by molar-refractivity contribution is 5.79. The zero-order chi connectivity index (χ0) is 11.4. The predicted octanol–water partition coefficient (Wildman–Crippen LogP) is -0.321. The van der Waals surface area contributed by atoms with Crippen LogP contribution in [-0.4, -0.2) is 59.6 Å². The number of β-amino-alcohol motifs (C(OH)–C–C–N with tert-alkyl or cyclic N) is 1. The van der Waals surface area contributed by atoms with E-state index in [1.54, 1.807) is 4.90 Å². The van der Waals surface area contributed by atoms with Gasteiger partial charge in [0, 0.05) is 6.54 Å². The molecule has 2 saturated heterocycles. The van der Waals surface area contributed by atoms with Crippen LogP contribution in [0, 0.1) is 11.8 Å². The maximum atomic E-state index is 11.3. The number of rotatable bonds is 2. The molecular weight excluding hydrogens is 204 g/mol. The summed E-state index contributed by atoms with van der Waals surface area (Å²) < 4.78 is 0. The Hall–Kier alpha value is -1.05. The van der Waals surface area contributed by atoms with Crippen LogP contribution in [0.15, 0.2) is 0 Å². The number of aliphatic hydroxyl groups is 1. The molecule has 0 saturated carbocycles. The summed E-state index contributed by atoms with van der Waals surface area (Å²) in [5, 5.41) is 9.28. The molecule has 2 aliphatic heterocycles. The van der Waals surface area contributed by atoms with Crippen LogP contribution >= 0.6 is 0 Å². The van der Waals surface area contributed by atoms with Crippen LogP contribution in [0.5, 0.6) is 0 Å². The third-order valence-electron chi connectivity index (χ3n) is 3.09. The smallest absolute Gasteiger partial charge is 0.226 e. The molecule has 2 fully saturated rings. The lowest BCUT2D eigenvalue weighted by Crippen LogP contribution is -2.26. The first-order valence-electron chi connectivity index (χ1n) is 5.89. The lowest BCUT2D eigenvalue weighted by atomic mass is 10.3. The van der Waals surface area contributed by atoms with E-state index in [2.05, 4.69) is 16.7 Å². The molecule has 0 radical (unpaired) electrons. The number of amides is 1. The van der Waals surface area contributed by atoms with E-state index in [-0.39, 0.29) is 12.3 Å². The summed E-state index contributed by atoms with van der Waals surface area (Å²) >= 11 is 0. The molecule has 1 atom stereocenters. The van der Waals surface area contributed by atoms with Crippen molar-refractivity contribution in [2.75, 3.05) is 32.7 Å². The Morgan fingerprint density at radius 2 is 1.94 bits per heavy atom. The Labute approximate surface area is 96.2 Å². The largest absolute Gasteiger partial charge is 0.391 e. The quantitative estimate of drug-likeness (QED) is 0.651. The van der Waals surface area contributed by atoms with E-state index < -0.39 is 6.10 Å². The van der Waals surface area contributed by atoms with Gasteiger partial charge in [-0.1, -0.05) is 11.8 Å². The Bertz CT molecular complexity index is 313. The van der Waals surface area contributed by atoms with Crippen molar-refractivity contribution in [1.82, 2.24) is 9.80 Å². The van der Waals surface area contributed by atoms with Gasteiger partial charge < -0.3 is 10.0 Å². The van der Waals surface area contributed by atoms with Crippen molar-refractivity contribution < 1.29 is 9.90 Å². The van der Waals surface area contributed by atoms with E-state index in [0.29, 0.717) is 13.1 Å². The maximum absolute atomic E-state index is 11.3. The zero-order valence-electron chi connectivity index (χ0n) is 9.48. The summed E-state index contributed by atoms with van der Waals surface area (Å²) in [5.74, 6) is 6.11. The highest BCUT2D eigenvalue weighted by Crippen LogP contribution is 2.09. The van der Waals surface area contributed by atoms with Crippen LogP contribution < -0.4 is 0 Å². The van der Waals surface area contributed by atoms with Gasteiger partial charge in [-0.25, -0.2) is 0 Å². The van der Waals surface area contributed by atoms with E-state index in [1.807, 2.05) is 0 Å². The second-order valence-electron chi connectivity index (χ2n) is 4.47. The molecule has 88 valence electrons. The Kier molecular flexibility index (Phi) is 3.81. The van der Waals surface area contributed by atoms with Crippen LogP contribution in [0.1, 0.15) is 19.3 Å². The van der Waals surface area contributed by atoms with Gasteiger partial charge in [-0.2, -0.15) is 0 Å². The SMILES string of the molecule is O=C1C[C@@H](O)CN1CC#CCN1CCCC1. The van der Waals surface area contributed by atoms with Crippen LogP contribution in [0.25, 0.3) is 0 Å². The first-order chi connectivity index (χ1) is 7.75. The number of hydrogen-bond donors (Lipinski definition) is 1. The molecule has 2 heterocycles. The second-order valence-corrected chi connectivity index (χ2v) is 4.47. The van der Waals surface area contributed by atoms with E-state index in [9.17, 15) is 9.90 Å². The first kappa shape index (κ1) is 11.4. The normalized spacial score (nSPS) is 25.9. The summed E-state index contributed by atoms with van der Waals surface area (Å²) in [4.78, 5) is 15.3. The van der Waals surface area contributed by atoms with Gasteiger partial charge in [0.15, 0.2) is 0 Å². The standard InChI is InChI=1S/C12H18N2O2/c15-11-9-12(16)14(10-11)8-4-3-7-13-5-1-2-6-13/h11,15H,1-2,5-10H2/t11-/m1/s1. The molecule has 4 heteroatoms. The molecule has 4 nitrogen and oxygen atoms in total. The van der Waals surface area contributed by atoms with Crippen molar-refractivity contribution in [2.24, 2.45) is 0 Å². The van der Waals surface area contributed by atoms with Gasteiger partial charge in [0.05, 0.1) is 25.6 Å². The lowest BCUT2D eigenvalue weighted by Gasteiger charge is -2.11. The Morgan fingerprint density at radius 3 is 2.56 bits per heavy atom. The predicted molar refractivity (Wildman–Crippen MR) is 60.7 cm³/mol. The van der Waals surface area contributed by atoms with Gasteiger partial charge >= 0.3 is 0 Å². The van der Waals surface area contributed by atoms with E-state index >= 15 is 0 Å². The molecule has 1 amide bonds. The molecule has 0 unspecified atom stereocenters. The maximum Gasteiger partial charge on any atom is 0.226 e. The summed E-state index contributed by atoms with van der Waals surface area (Å²) in [6.07, 6.45) is 2.32. The van der Waals surface area contributed by atoms with Crippen molar-refractivity contribution in [1.29, 1.82) is 0 Å². The van der Waals surface area contributed by atoms with Crippen molar-refractivity contribution in [2.45, 2.75) is 25.4 Å². The van der Waals surface area contributed by atoms with Gasteiger partial charge in [0.2, 0.25) is 5.91 Å². The minimum absolute atomic E-state index is 0.0166. The molecule has 2 aliphatic rings. The van der Waals surface area contributed by atoms with Crippen LogP contribution in [0.2, 0.25) is 0 Å². The summed E-state index contributed by atoms with van der Waals surface area (Å²) in [7, 11) is 0. The van der Waals surface area contributed by atoms with Crippen LogP contribution in [-0.2, 0) is 4.79 Å². The first-order valence-corrected chi connectivity index (χ1v) is 5.89. The molecule has 0 spiro atoms. The fraction of sp³-hybridized carbons (Fsp3) is 0.750. The second kappa shape index (κ2) is 5.33. The van der Waals surface area contributed by atoms with Gasteiger partial charge in [-0.05, 0) is 25.9 Å². The zero-order valence-corrected chi connectivity index (χ0v) is 9.48. The van der Waals surface area contributed by atoms with Crippen molar-refractivity contribution >= 4 is 5.91 Å². The average Bonchev–Trinajstić information content (AvgIpc) is 2.84. The van der Waals surface area contributed by atoms with E-state index in [4.69, 9.17) is 0 Å². The summed E-state index contributed by atoms with van der Waals surface area (Å²) in [6.45, 7) is 4.01. The molecule has 0 aromatic rings. The van der Waals surface area contributed by atoms with E-state index in [0.717, 1.165) is 19.6 Å².